The number of aromatic amines is 1. The van der Waals surface area contributed by atoms with Crippen LogP contribution in [0.2, 0.25) is 0 Å². The van der Waals surface area contributed by atoms with Crippen molar-refractivity contribution in [2.45, 2.75) is 20.8 Å². The average Bonchev–Trinajstić information content (AvgIpc) is 2.72. The van der Waals surface area contributed by atoms with Crippen LogP contribution < -0.4 is 10.6 Å². The molecule has 7 nitrogen and oxygen atoms in total. The molecule has 0 radical (unpaired) electrons. The van der Waals surface area contributed by atoms with E-state index in [1.165, 1.54) is 0 Å². The van der Waals surface area contributed by atoms with E-state index in [0.717, 1.165) is 17.9 Å². The summed E-state index contributed by atoms with van der Waals surface area (Å²) in [5, 5.41) is 20.4. The molecule has 2 aromatic rings. The lowest BCUT2D eigenvalue weighted by atomic mass is 10.3. The second-order valence-electron chi connectivity index (χ2n) is 4.10. The first-order valence-corrected chi connectivity index (χ1v) is 6.02. The Hall–Kier alpha value is -2.44. The van der Waals surface area contributed by atoms with Gasteiger partial charge >= 0.3 is 0 Å². The number of hydrogen-bond acceptors (Lipinski definition) is 5. The summed E-state index contributed by atoms with van der Waals surface area (Å²) in [6.45, 7) is 6.38. The average molecular weight is 260 g/mol. The standard InChI is InChI=1S/C12H16N6O/c1-4-13-10-6-5-9(17-18-10)12(19)14-11-7(2)15-16-8(11)3/h5-6H,4H2,1-3H3,(H,13,18)(H,14,19)(H,15,16). The Kier molecular flexibility index (Phi) is 3.74. The van der Waals surface area contributed by atoms with Crippen LogP contribution in [0, 0.1) is 13.8 Å². The number of anilines is 2. The molecule has 0 bridgehead atoms. The number of hydrogen-bond donors (Lipinski definition) is 3. The predicted octanol–water partition coefficient (Wildman–Crippen LogP) is 1.50. The summed E-state index contributed by atoms with van der Waals surface area (Å²) < 4.78 is 0. The van der Waals surface area contributed by atoms with E-state index < -0.39 is 0 Å². The molecular weight excluding hydrogens is 244 g/mol. The summed E-state index contributed by atoms with van der Waals surface area (Å²) in [6, 6.07) is 3.35. The molecule has 0 saturated carbocycles. The van der Waals surface area contributed by atoms with Gasteiger partial charge in [0.15, 0.2) is 5.69 Å². The van der Waals surface area contributed by atoms with E-state index >= 15 is 0 Å². The number of carbonyl (C=O) groups is 1. The Morgan fingerprint density at radius 2 is 2.11 bits per heavy atom. The molecule has 3 N–H and O–H groups in total. The van der Waals surface area contributed by atoms with Crippen LogP contribution in [0.25, 0.3) is 0 Å². The summed E-state index contributed by atoms with van der Waals surface area (Å²) >= 11 is 0. The van der Waals surface area contributed by atoms with Crippen LogP contribution in [0.5, 0.6) is 0 Å². The number of aromatic nitrogens is 4. The molecule has 100 valence electrons. The molecule has 0 aromatic carbocycles. The quantitative estimate of drug-likeness (QED) is 0.774. The summed E-state index contributed by atoms with van der Waals surface area (Å²) in [6.07, 6.45) is 0. The van der Waals surface area contributed by atoms with Crippen LogP contribution in [0.4, 0.5) is 11.5 Å². The Morgan fingerprint density at radius 1 is 1.32 bits per heavy atom. The highest BCUT2D eigenvalue weighted by Crippen LogP contribution is 2.16. The maximum atomic E-state index is 12.0. The van der Waals surface area contributed by atoms with Crippen LogP contribution in [0.15, 0.2) is 12.1 Å². The van der Waals surface area contributed by atoms with Crippen molar-refractivity contribution in [3.05, 3.63) is 29.2 Å². The lowest BCUT2D eigenvalue weighted by Gasteiger charge is -2.05. The summed E-state index contributed by atoms with van der Waals surface area (Å²) in [5.41, 5.74) is 2.50. The van der Waals surface area contributed by atoms with Gasteiger partial charge in [0.2, 0.25) is 0 Å². The Labute approximate surface area is 110 Å². The summed E-state index contributed by atoms with van der Waals surface area (Å²) in [4.78, 5) is 12.0. The lowest BCUT2D eigenvalue weighted by molar-refractivity contribution is 0.102. The fourth-order valence-electron chi connectivity index (χ4n) is 1.64. The largest absolute Gasteiger partial charge is 0.369 e. The van der Waals surface area contributed by atoms with Crippen LogP contribution in [0.1, 0.15) is 28.8 Å². The van der Waals surface area contributed by atoms with E-state index in [4.69, 9.17) is 0 Å². The number of nitrogens with zero attached hydrogens (tertiary/aromatic N) is 3. The second kappa shape index (κ2) is 5.47. The van der Waals surface area contributed by atoms with Gasteiger partial charge in [0.25, 0.3) is 5.91 Å². The first kappa shape index (κ1) is 13.0. The normalized spacial score (nSPS) is 10.3. The maximum Gasteiger partial charge on any atom is 0.276 e. The highest BCUT2D eigenvalue weighted by atomic mass is 16.1. The van der Waals surface area contributed by atoms with Gasteiger partial charge in [-0.15, -0.1) is 10.2 Å². The third kappa shape index (κ3) is 2.87. The van der Waals surface area contributed by atoms with E-state index in [1.807, 2.05) is 20.8 Å². The van der Waals surface area contributed by atoms with Crippen LogP contribution in [-0.4, -0.2) is 32.8 Å². The minimum atomic E-state index is -0.303. The van der Waals surface area contributed by atoms with E-state index in [2.05, 4.69) is 31.0 Å². The van der Waals surface area contributed by atoms with Crippen molar-refractivity contribution in [2.75, 3.05) is 17.2 Å². The molecule has 0 aliphatic rings. The highest BCUT2D eigenvalue weighted by Gasteiger charge is 2.13. The van der Waals surface area contributed by atoms with Gasteiger partial charge in [-0.1, -0.05) is 0 Å². The molecule has 1 amide bonds. The van der Waals surface area contributed by atoms with Crippen molar-refractivity contribution in [1.29, 1.82) is 0 Å². The molecule has 0 atom stereocenters. The van der Waals surface area contributed by atoms with E-state index in [1.54, 1.807) is 12.1 Å². The Balaban J connectivity index is 2.12. The van der Waals surface area contributed by atoms with Crippen LogP contribution in [-0.2, 0) is 0 Å². The second-order valence-corrected chi connectivity index (χ2v) is 4.10. The van der Waals surface area contributed by atoms with Crippen molar-refractivity contribution in [1.82, 2.24) is 20.4 Å². The van der Waals surface area contributed by atoms with Crippen molar-refractivity contribution < 1.29 is 4.79 Å². The zero-order chi connectivity index (χ0) is 13.8. The molecular formula is C12H16N6O. The molecule has 19 heavy (non-hydrogen) atoms. The third-order valence-electron chi connectivity index (χ3n) is 2.62. The molecule has 0 unspecified atom stereocenters. The topological polar surface area (TPSA) is 95.6 Å². The lowest BCUT2D eigenvalue weighted by Crippen LogP contribution is -2.15. The van der Waals surface area contributed by atoms with Gasteiger partial charge in [0.05, 0.1) is 17.1 Å². The third-order valence-corrected chi connectivity index (χ3v) is 2.62. The molecule has 0 saturated heterocycles. The first-order chi connectivity index (χ1) is 9.11. The summed E-state index contributed by atoms with van der Waals surface area (Å²) in [7, 11) is 0. The fraction of sp³-hybridized carbons (Fsp3) is 0.333. The number of aryl methyl sites for hydroxylation is 2. The SMILES string of the molecule is CCNc1ccc(C(=O)Nc2c(C)n[nH]c2C)nn1. The van der Waals surface area contributed by atoms with Gasteiger partial charge in [-0.05, 0) is 32.9 Å². The van der Waals surface area contributed by atoms with E-state index in [0.29, 0.717) is 11.5 Å². The highest BCUT2D eigenvalue weighted by molar-refractivity contribution is 6.03. The zero-order valence-corrected chi connectivity index (χ0v) is 11.1. The molecule has 7 heteroatoms. The number of amides is 1. The molecule has 2 rings (SSSR count). The first-order valence-electron chi connectivity index (χ1n) is 6.02. The van der Waals surface area contributed by atoms with Crippen molar-refractivity contribution >= 4 is 17.4 Å². The molecule has 2 heterocycles. The molecule has 0 spiro atoms. The molecule has 0 aliphatic heterocycles. The minimum absolute atomic E-state index is 0.265. The van der Waals surface area contributed by atoms with Crippen LogP contribution in [0.3, 0.4) is 0 Å². The van der Waals surface area contributed by atoms with E-state index in [-0.39, 0.29) is 11.6 Å². The van der Waals surface area contributed by atoms with Gasteiger partial charge < -0.3 is 10.6 Å². The number of carbonyl (C=O) groups excluding carboxylic acids is 1. The van der Waals surface area contributed by atoms with Gasteiger partial charge in [-0.2, -0.15) is 5.10 Å². The monoisotopic (exact) mass is 260 g/mol. The summed E-state index contributed by atoms with van der Waals surface area (Å²) in [5.74, 6) is 0.345. The van der Waals surface area contributed by atoms with Gasteiger partial charge in [0, 0.05) is 6.54 Å². The van der Waals surface area contributed by atoms with Gasteiger partial charge in [-0.3, -0.25) is 9.89 Å². The predicted molar refractivity (Wildman–Crippen MR) is 72.2 cm³/mol. The fourth-order valence-corrected chi connectivity index (χ4v) is 1.64. The van der Waals surface area contributed by atoms with Gasteiger partial charge in [0.1, 0.15) is 5.82 Å². The smallest absolute Gasteiger partial charge is 0.276 e. The van der Waals surface area contributed by atoms with E-state index in [9.17, 15) is 4.79 Å². The van der Waals surface area contributed by atoms with Crippen molar-refractivity contribution in [3.8, 4) is 0 Å². The minimum Gasteiger partial charge on any atom is -0.369 e. The molecule has 0 fully saturated rings. The maximum absolute atomic E-state index is 12.0. The Morgan fingerprint density at radius 3 is 2.63 bits per heavy atom. The van der Waals surface area contributed by atoms with Gasteiger partial charge in [-0.25, -0.2) is 0 Å². The van der Waals surface area contributed by atoms with Crippen LogP contribution >= 0.6 is 0 Å². The Bertz CT molecular complexity index is 555. The molecule has 0 aliphatic carbocycles. The van der Waals surface area contributed by atoms with Crippen molar-refractivity contribution in [3.63, 3.8) is 0 Å². The van der Waals surface area contributed by atoms with Crippen molar-refractivity contribution in [2.24, 2.45) is 0 Å². The number of nitrogens with one attached hydrogen (secondary N) is 3. The number of H-pyrrole nitrogens is 1. The molecule has 2 aromatic heterocycles. The number of rotatable bonds is 4. The zero-order valence-electron chi connectivity index (χ0n) is 11.1.